The zero-order valence-electron chi connectivity index (χ0n) is 10.9. The third-order valence-corrected chi connectivity index (χ3v) is 3.42. The van der Waals surface area contributed by atoms with Crippen LogP contribution in [0.5, 0.6) is 0 Å². The number of hydrogen-bond acceptors (Lipinski definition) is 1. The van der Waals surface area contributed by atoms with Gasteiger partial charge in [-0.1, -0.05) is 33.6 Å². The first-order chi connectivity index (χ1) is 6.35. The van der Waals surface area contributed by atoms with E-state index < -0.39 is 8.32 Å². The van der Waals surface area contributed by atoms with Crippen molar-refractivity contribution in [2.45, 2.75) is 59.7 Å². The van der Waals surface area contributed by atoms with Gasteiger partial charge in [0.05, 0.1) is 0 Å². The molecule has 0 aliphatic carbocycles. The van der Waals surface area contributed by atoms with Crippen molar-refractivity contribution in [1.82, 2.24) is 0 Å². The zero-order chi connectivity index (χ0) is 11.2. The van der Waals surface area contributed by atoms with Gasteiger partial charge in [-0.05, 0) is 37.9 Å². The summed E-state index contributed by atoms with van der Waals surface area (Å²) >= 11 is 0. The normalized spacial score (nSPS) is 16.7. The third-order valence-electron chi connectivity index (χ3n) is 2.39. The van der Waals surface area contributed by atoms with Crippen LogP contribution >= 0.6 is 0 Å². The van der Waals surface area contributed by atoms with Crippen LogP contribution in [0.3, 0.4) is 0 Å². The molecule has 2 unspecified atom stereocenters. The Balaban J connectivity index is 3.59. The molecule has 0 saturated heterocycles. The summed E-state index contributed by atoms with van der Waals surface area (Å²) in [6, 6.07) is 0. The van der Waals surface area contributed by atoms with Gasteiger partial charge in [0.15, 0.2) is 8.32 Å². The molecule has 0 aliphatic rings. The predicted molar refractivity (Wildman–Crippen MR) is 67.2 cm³/mol. The fourth-order valence-corrected chi connectivity index (χ4v) is 2.54. The second kappa shape index (κ2) is 6.62. The molecule has 14 heavy (non-hydrogen) atoms. The third kappa shape index (κ3) is 8.76. The molecule has 0 aliphatic heterocycles. The first-order valence-electron chi connectivity index (χ1n) is 5.99. The van der Waals surface area contributed by atoms with Crippen molar-refractivity contribution in [3.8, 4) is 0 Å². The minimum atomic E-state index is -1.29. The van der Waals surface area contributed by atoms with Gasteiger partial charge in [0.1, 0.15) is 0 Å². The van der Waals surface area contributed by atoms with Crippen molar-refractivity contribution in [2.24, 2.45) is 11.8 Å². The lowest BCUT2D eigenvalue weighted by molar-refractivity contribution is 0.227. The quantitative estimate of drug-likeness (QED) is 0.577. The van der Waals surface area contributed by atoms with Crippen LogP contribution in [0.25, 0.3) is 0 Å². The van der Waals surface area contributed by atoms with E-state index in [1.807, 2.05) is 0 Å². The minimum Gasteiger partial charge on any atom is -0.417 e. The lowest BCUT2D eigenvalue weighted by atomic mass is 9.94. The van der Waals surface area contributed by atoms with Crippen LogP contribution in [0.1, 0.15) is 40.0 Å². The molecule has 0 aromatic carbocycles. The maximum absolute atomic E-state index is 5.91. The van der Waals surface area contributed by atoms with Gasteiger partial charge >= 0.3 is 0 Å². The van der Waals surface area contributed by atoms with Crippen molar-refractivity contribution >= 4 is 8.32 Å². The second-order valence-electron chi connectivity index (χ2n) is 5.66. The van der Waals surface area contributed by atoms with E-state index in [9.17, 15) is 0 Å². The Morgan fingerprint density at radius 2 is 1.64 bits per heavy atom. The molecule has 0 heterocycles. The van der Waals surface area contributed by atoms with Crippen LogP contribution in [0, 0.1) is 11.8 Å². The molecule has 1 nitrogen and oxygen atoms in total. The first kappa shape index (κ1) is 14.2. The molecule has 0 saturated carbocycles. The highest BCUT2D eigenvalue weighted by Crippen LogP contribution is 2.18. The zero-order valence-corrected chi connectivity index (χ0v) is 11.9. The van der Waals surface area contributed by atoms with E-state index in [4.69, 9.17) is 4.43 Å². The summed E-state index contributed by atoms with van der Waals surface area (Å²) in [4.78, 5) is 0. The van der Waals surface area contributed by atoms with Crippen molar-refractivity contribution in [1.29, 1.82) is 0 Å². The average Bonchev–Trinajstić information content (AvgIpc) is 2.00. The van der Waals surface area contributed by atoms with Gasteiger partial charge in [-0.15, -0.1) is 0 Å². The summed E-state index contributed by atoms with van der Waals surface area (Å²) in [6.07, 6.45) is 3.98. The monoisotopic (exact) mass is 216 g/mol. The van der Waals surface area contributed by atoms with E-state index >= 15 is 0 Å². The largest absolute Gasteiger partial charge is 0.417 e. The van der Waals surface area contributed by atoms with Crippen LogP contribution in [0.4, 0.5) is 0 Å². The van der Waals surface area contributed by atoms with Gasteiger partial charge in [0.2, 0.25) is 0 Å². The summed E-state index contributed by atoms with van der Waals surface area (Å²) in [7, 11) is -1.29. The number of rotatable bonds is 7. The highest BCUT2D eigenvalue weighted by atomic mass is 28.4. The van der Waals surface area contributed by atoms with Gasteiger partial charge < -0.3 is 4.43 Å². The molecule has 0 N–H and O–H groups in total. The summed E-state index contributed by atoms with van der Waals surface area (Å²) in [5.41, 5.74) is 0. The fraction of sp³-hybridized carbons (Fsp3) is 1.00. The molecule has 0 spiro atoms. The molecule has 0 radical (unpaired) electrons. The molecular weight excluding hydrogens is 188 g/mol. The van der Waals surface area contributed by atoms with Gasteiger partial charge in [-0.2, -0.15) is 0 Å². The fourth-order valence-electron chi connectivity index (χ4n) is 1.76. The Morgan fingerprint density at radius 3 is 2.07 bits per heavy atom. The van der Waals surface area contributed by atoms with Crippen LogP contribution in [-0.2, 0) is 4.43 Å². The van der Waals surface area contributed by atoms with E-state index in [-0.39, 0.29) is 0 Å². The Bertz CT molecular complexity index is 140. The average molecular weight is 216 g/mol. The van der Waals surface area contributed by atoms with Gasteiger partial charge in [0, 0.05) is 6.61 Å². The lowest BCUT2D eigenvalue weighted by Gasteiger charge is -2.22. The van der Waals surface area contributed by atoms with Crippen molar-refractivity contribution in [3.05, 3.63) is 0 Å². The van der Waals surface area contributed by atoms with Crippen LogP contribution in [0.15, 0.2) is 0 Å². The summed E-state index contributed by atoms with van der Waals surface area (Å²) in [6.45, 7) is 14.7. The number of hydrogen-bond donors (Lipinski definition) is 0. The summed E-state index contributed by atoms with van der Waals surface area (Å²) in [5.74, 6) is 1.59. The minimum absolute atomic E-state index is 0.725. The lowest BCUT2D eigenvalue weighted by Crippen LogP contribution is -2.28. The molecular formula is C12H28OSi. The van der Waals surface area contributed by atoms with Crippen molar-refractivity contribution in [2.75, 3.05) is 6.61 Å². The van der Waals surface area contributed by atoms with Crippen molar-refractivity contribution in [3.63, 3.8) is 0 Å². The second-order valence-corrected chi connectivity index (χ2v) is 10.2. The van der Waals surface area contributed by atoms with E-state index in [1.54, 1.807) is 0 Å². The van der Waals surface area contributed by atoms with Crippen LogP contribution in [-0.4, -0.2) is 14.9 Å². The Morgan fingerprint density at radius 1 is 1.07 bits per heavy atom. The molecule has 0 amide bonds. The van der Waals surface area contributed by atoms with Crippen LogP contribution < -0.4 is 0 Å². The van der Waals surface area contributed by atoms with Crippen molar-refractivity contribution < 1.29 is 4.43 Å². The summed E-state index contributed by atoms with van der Waals surface area (Å²) in [5, 5.41) is 0. The summed E-state index contributed by atoms with van der Waals surface area (Å²) < 4.78 is 5.91. The standard InChI is InChI=1S/C12H28OSi/c1-7-8-11(2)9-12(3)10-13-14(4,5)6/h11-12H,7-10H2,1-6H3. The molecule has 0 aromatic rings. The molecule has 0 fully saturated rings. The van der Waals surface area contributed by atoms with E-state index in [2.05, 4.69) is 40.4 Å². The van der Waals surface area contributed by atoms with E-state index in [1.165, 1.54) is 19.3 Å². The molecule has 0 aromatic heterocycles. The van der Waals surface area contributed by atoms with E-state index in [0.717, 1.165) is 18.4 Å². The highest BCUT2D eigenvalue weighted by molar-refractivity contribution is 6.69. The van der Waals surface area contributed by atoms with E-state index in [0.29, 0.717) is 0 Å². The topological polar surface area (TPSA) is 9.23 Å². The molecule has 0 bridgehead atoms. The predicted octanol–water partition coefficient (Wildman–Crippen LogP) is 4.30. The Labute approximate surface area is 91.4 Å². The van der Waals surface area contributed by atoms with Crippen LogP contribution in [0.2, 0.25) is 19.6 Å². The molecule has 2 heteroatoms. The van der Waals surface area contributed by atoms with Gasteiger partial charge in [-0.3, -0.25) is 0 Å². The first-order valence-corrected chi connectivity index (χ1v) is 9.40. The Hall–Kier alpha value is 0.177. The molecule has 2 atom stereocenters. The molecule has 86 valence electrons. The SMILES string of the molecule is CCCC(C)CC(C)CO[Si](C)(C)C. The van der Waals surface area contributed by atoms with Gasteiger partial charge in [0.25, 0.3) is 0 Å². The Kier molecular flexibility index (Phi) is 6.71. The highest BCUT2D eigenvalue weighted by Gasteiger charge is 2.16. The maximum atomic E-state index is 5.91. The smallest absolute Gasteiger partial charge is 0.183 e. The van der Waals surface area contributed by atoms with Gasteiger partial charge in [-0.25, -0.2) is 0 Å². The maximum Gasteiger partial charge on any atom is 0.183 e. The molecule has 0 rings (SSSR count).